The van der Waals surface area contributed by atoms with Crippen molar-refractivity contribution in [1.82, 2.24) is 10.7 Å². The van der Waals surface area contributed by atoms with Crippen LogP contribution in [0.3, 0.4) is 0 Å². The Bertz CT molecular complexity index is 329. The number of benzene rings is 1. The summed E-state index contributed by atoms with van der Waals surface area (Å²) in [5.41, 5.74) is 5.68. The van der Waals surface area contributed by atoms with Gasteiger partial charge in [-0.05, 0) is 12.1 Å². The van der Waals surface area contributed by atoms with Gasteiger partial charge in [0.2, 0.25) is 0 Å². The first-order chi connectivity index (χ1) is 6.68. The molecule has 0 atom stereocenters. The molecule has 0 spiro atoms. The Balaban J connectivity index is 2.34. The van der Waals surface area contributed by atoms with Gasteiger partial charge in [-0.25, -0.2) is 4.79 Å². The van der Waals surface area contributed by atoms with E-state index in [2.05, 4.69) is 10.9 Å². The first kappa shape index (κ1) is 10.8. The number of nitrogens with one attached hydrogen (secondary N) is 3. The van der Waals surface area contributed by atoms with Crippen LogP contribution in [-0.2, 0) is 0 Å². The van der Waals surface area contributed by atoms with Gasteiger partial charge in [-0.1, -0.05) is 18.2 Å². The van der Waals surface area contributed by atoms with Crippen molar-refractivity contribution in [2.75, 3.05) is 5.43 Å². The smallest absolute Gasteiger partial charge is 0.297 e. The lowest BCUT2D eigenvalue weighted by molar-refractivity contribution is 0.238. The number of halogens is 1. The van der Waals surface area contributed by atoms with Crippen LogP contribution in [-0.4, -0.2) is 9.95 Å². The zero-order chi connectivity index (χ0) is 10.4. The van der Waals surface area contributed by atoms with Crippen molar-refractivity contribution in [2.24, 2.45) is 0 Å². The molecular weight excluding hydrogens is 297 g/mol. The molecule has 3 amide bonds. The van der Waals surface area contributed by atoms with Gasteiger partial charge in [0.1, 0.15) is 0 Å². The van der Waals surface area contributed by atoms with E-state index in [-0.39, 0.29) is 0 Å². The van der Waals surface area contributed by atoms with E-state index in [4.69, 9.17) is 0 Å². The number of carbonyl (C=O) groups excluding carboxylic acids is 2. The Hall–Kier alpha value is -1.31. The summed E-state index contributed by atoms with van der Waals surface area (Å²) < 4.78 is -0.435. The van der Waals surface area contributed by atoms with Crippen LogP contribution in [0.5, 0.6) is 0 Å². The van der Waals surface area contributed by atoms with Crippen molar-refractivity contribution >= 4 is 38.2 Å². The molecule has 3 N–H and O–H groups in total. The quantitative estimate of drug-likeness (QED) is 0.338. The molecule has 0 saturated carbocycles. The van der Waals surface area contributed by atoms with Gasteiger partial charge in [0, 0.05) is 22.6 Å². The fourth-order valence-corrected chi connectivity index (χ4v) is 1.02. The number of hydrogen-bond donors (Lipinski definition) is 3. The van der Waals surface area contributed by atoms with Crippen LogP contribution in [0.25, 0.3) is 0 Å². The van der Waals surface area contributed by atoms with E-state index in [1.807, 2.05) is 23.5 Å². The van der Waals surface area contributed by atoms with Crippen LogP contribution in [0.2, 0.25) is 0 Å². The summed E-state index contributed by atoms with van der Waals surface area (Å²) in [5.74, 6) is 0. The largest absolute Gasteiger partial charge is 0.340 e. The molecule has 0 unspecified atom stereocenters. The standard InChI is InChI=1S/C8H8IN3O2/c9-7(13)10-8(14)12-11-6-4-2-1-3-5-6/h1-5,11H,(H2,10,12,13,14). The molecule has 1 rings (SSSR count). The molecular formula is C8H8IN3O2. The van der Waals surface area contributed by atoms with Crippen molar-refractivity contribution < 1.29 is 9.59 Å². The topological polar surface area (TPSA) is 70.2 Å². The Morgan fingerprint density at radius 1 is 1.14 bits per heavy atom. The SMILES string of the molecule is O=C(I)NC(=O)NNc1ccccc1. The molecule has 1 aromatic rings. The summed E-state index contributed by atoms with van der Waals surface area (Å²) >= 11 is 1.47. The van der Waals surface area contributed by atoms with E-state index in [1.54, 1.807) is 12.1 Å². The van der Waals surface area contributed by atoms with Crippen molar-refractivity contribution in [3.63, 3.8) is 0 Å². The molecule has 5 nitrogen and oxygen atoms in total. The van der Waals surface area contributed by atoms with Crippen LogP contribution < -0.4 is 16.2 Å². The van der Waals surface area contributed by atoms with Gasteiger partial charge in [0.05, 0.1) is 5.69 Å². The third kappa shape index (κ3) is 4.08. The average Bonchev–Trinajstić information content (AvgIpc) is 2.15. The van der Waals surface area contributed by atoms with Crippen LogP contribution >= 0.6 is 22.6 Å². The number of rotatable bonds is 2. The monoisotopic (exact) mass is 305 g/mol. The molecule has 1 aromatic carbocycles. The minimum atomic E-state index is -0.590. The maximum absolute atomic E-state index is 10.9. The first-order valence-corrected chi connectivity index (χ1v) is 4.84. The zero-order valence-electron chi connectivity index (χ0n) is 7.08. The lowest BCUT2D eigenvalue weighted by Gasteiger charge is -2.06. The van der Waals surface area contributed by atoms with Gasteiger partial charge < -0.3 is 0 Å². The third-order valence-electron chi connectivity index (χ3n) is 1.31. The van der Waals surface area contributed by atoms with Gasteiger partial charge in [-0.3, -0.25) is 21.0 Å². The minimum absolute atomic E-state index is 0.435. The van der Waals surface area contributed by atoms with E-state index in [0.29, 0.717) is 0 Å². The molecule has 14 heavy (non-hydrogen) atoms. The molecule has 0 aliphatic heterocycles. The highest BCUT2D eigenvalue weighted by Gasteiger charge is 2.01. The molecule has 6 heteroatoms. The van der Waals surface area contributed by atoms with Crippen molar-refractivity contribution in [2.45, 2.75) is 0 Å². The van der Waals surface area contributed by atoms with Gasteiger partial charge in [0.25, 0.3) is 3.91 Å². The number of urea groups is 1. The van der Waals surface area contributed by atoms with Gasteiger partial charge in [-0.15, -0.1) is 0 Å². The molecule has 0 aromatic heterocycles. The number of imide groups is 1. The number of amides is 3. The molecule has 0 radical (unpaired) electrons. The Labute approximate surface area is 94.4 Å². The number of para-hydroxylation sites is 1. The van der Waals surface area contributed by atoms with Crippen LogP contribution in [0.1, 0.15) is 0 Å². The zero-order valence-corrected chi connectivity index (χ0v) is 9.24. The van der Waals surface area contributed by atoms with E-state index < -0.39 is 9.95 Å². The molecule has 0 fully saturated rings. The molecule has 0 saturated heterocycles. The van der Waals surface area contributed by atoms with E-state index >= 15 is 0 Å². The summed E-state index contributed by atoms with van der Waals surface area (Å²) in [6.07, 6.45) is 0. The predicted molar refractivity (Wildman–Crippen MR) is 61.1 cm³/mol. The molecule has 0 aliphatic carbocycles. The highest BCUT2D eigenvalue weighted by atomic mass is 127. The molecule has 0 heterocycles. The van der Waals surface area contributed by atoms with Crippen LogP contribution in [0.4, 0.5) is 15.3 Å². The highest BCUT2D eigenvalue weighted by Crippen LogP contribution is 2.02. The maximum Gasteiger partial charge on any atom is 0.340 e. The van der Waals surface area contributed by atoms with Crippen molar-refractivity contribution in [3.05, 3.63) is 30.3 Å². The fraction of sp³-hybridized carbons (Fsp3) is 0. The fourth-order valence-electron chi connectivity index (χ4n) is 0.771. The number of hydrogen-bond acceptors (Lipinski definition) is 3. The second-order valence-electron chi connectivity index (χ2n) is 2.34. The van der Waals surface area contributed by atoms with Gasteiger partial charge in [-0.2, -0.15) is 0 Å². The first-order valence-electron chi connectivity index (χ1n) is 3.76. The highest BCUT2D eigenvalue weighted by molar-refractivity contribution is 14.1. The normalized spacial score (nSPS) is 8.93. The number of hydrazine groups is 1. The third-order valence-corrected chi connectivity index (χ3v) is 1.58. The summed E-state index contributed by atoms with van der Waals surface area (Å²) in [5, 5.41) is 2.05. The number of anilines is 1. The van der Waals surface area contributed by atoms with Crippen molar-refractivity contribution in [3.8, 4) is 0 Å². The van der Waals surface area contributed by atoms with Crippen molar-refractivity contribution in [1.29, 1.82) is 0 Å². The average molecular weight is 305 g/mol. The minimum Gasteiger partial charge on any atom is -0.297 e. The Morgan fingerprint density at radius 3 is 2.36 bits per heavy atom. The lowest BCUT2D eigenvalue weighted by Crippen LogP contribution is -2.39. The Morgan fingerprint density at radius 2 is 1.79 bits per heavy atom. The second-order valence-corrected chi connectivity index (χ2v) is 3.32. The summed E-state index contributed by atoms with van der Waals surface area (Å²) in [7, 11) is 0. The molecule has 0 bridgehead atoms. The lowest BCUT2D eigenvalue weighted by atomic mass is 10.3. The van der Waals surface area contributed by atoms with E-state index in [0.717, 1.165) is 5.69 Å². The summed E-state index contributed by atoms with van der Waals surface area (Å²) in [6, 6.07) is 8.49. The van der Waals surface area contributed by atoms with Gasteiger partial charge >= 0.3 is 6.03 Å². The predicted octanol–water partition coefficient (Wildman–Crippen LogP) is 1.87. The van der Waals surface area contributed by atoms with Crippen LogP contribution in [0.15, 0.2) is 30.3 Å². The molecule has 0 aliphatic rings. The number of carbonyl (C=O) groups is 2. The van der Waals surface area contributed by atoms with E-state index in [9.17, 15) is 9.59 Å². The molecule has 74 valence electrons. The summed E-state index contributed by atoms with van der Waals surface area (Å²) in [6.45, 7) is 0. The van der Waals surface area contributed by atoms with E-state index in [1.165, 1.54) is 22.6 Å². The van der Waals surface area contributed by atoms with Crippen LogP contribution in [0, 0.1) is 0 Å². The maximum atomic E-state index is 10.9. The Kier molecular flexibility index (Phi) is 4.17. The summed E-state index contributed by atoms with van der Waals surface area (Å²) in [4.78, 5) is 21.4. The van der Waals surface area contributed by atoms with Gasteiger partial charge in [0.15, 0.2) is 0 Å². The second kappa shape index (κ2) is 5.43.